The molecule has 3 aromatic heterocycles. The molecule has 4 heteroatoms. The van der Waals surface area contributed by atoms with Crippen LogP contribution in [0.4, 0.5) is 0 Å². The summed E-state index contributed by atoms with van der Waals surface area (Å²) < 4.78 is 4.70. The summed E-state index contributed by atoms with van der Waals surface area (Å²) in [6.45, 7) is 17.1. The molecule has 0 unspecified atom stereocenters. The van der Waals surface area contributed by atoms with Gasteiger partial charge in [0.25, 0.3) is 0 Å². The Balaban J connectivity index is 1.32. The molecule has 0 aliphatic heterocycles. The molecule has 0 spiro atoms. The van der Waals surface area contributed by atoms with Gasteiger partial charge in [0.15, 0.2) is 5.82 Å². The fraction of sp³-hybridized carbons (Fsp3) is 0.0980. The molecule has 266 valence electrons. The summed E-state index contributed by atoms with van der Waals surface area (Å²) in [5, 5.41) is 3.58. The third kappa shape index (κ3) is 5.39. The highest BCUT2D eigenvalue weighted by molar-refractivity contribution is 7.26. The van der Waals surface area contributed by atoms with Gasteiger partial charge in [-0.25, -0.2) is 9.97 Å². The normalized spacial score (nSPS) is 14.4. The first-order chi connectivity index (χ1) is 26.9. The number of nitrogens with zero attached hydrogens (tertiary/aromatic N) is 3. The van der Waals surface area contributed by atoms with Crippen LogP contribution >= 0.6 is 11.3 Å². The number of allylic oxidation sites excluding steroid dienone is 10. The zero-order valence-corrected chi connectivity index (χ0v) is 32.4. The van der Waals surface area contributed by atoms with Gasteiger partial charge in [0.1, 0.15) is 0 Å². The van der Waals surface area contributed by atoms with Crippen molar-refractivity contribution in [3.63, 3.8) is 0 Å². The van der Waals surface area contributed by atoms with Crippen LogP contribution in [0.15, 0.2) is 170 Å². The largest absolute Gasteiger partial charge is 0.309 e. The van der Waals surface area contributed by atoms with Crippen LogP contribution in [-0.4, -0.2) is 14.5 Å². The monoisotopic (exact) mass is 727 g/mol. The predicted octanol–water partition coefficient (Wildman–Crippen LogP) is 14.2. The van der Waals surface area contributed by atoms with Crippen molar-refractivity contribution in [1.82, 2.24) is 14.5 Å². The fourth-order valence-electron chi connectivity index (χ4n) is 8.41. The molecule has 0 radical (unpaired) electrons. The van der Waals surface area contributed by atoms with Crippen molar-refractivity contribution in [2.24, 2.45) is 0 Å². The van der Waals surface area contributed by atoms with Crippen molar-refractivity contribution >= 4 is 64.6 Å². The van der Waals surface area contributed by atoms with Crippen LogP contribution < -0.4 is 0 Å². The van der Waals surface area contributed by atoms with Gasteiger partial charge in [0, 0.05) is 43.1 Å². The van der Waals surface area contributed by atoms with Crippen molar-refractivity contribution < 1.29 is 0 Å². The Morgan fingerprint density at radius 2 is 1.47 bits per heavy atom. The van der Waals surface area contributed by atoms with Crippen LogP contribution in [0.3, 0.4) is 0 Å². The first kappa shape index (κ1) is 34.4. The van der Waals surface area contributed by atoms with Crippen LogP contribution in [0.1, 0.15) is 44.6 Å². The quantitative estimate of drug-likeness (QED) is 0.146. The number of rotatable bonds is 8. The Hall–Kier alpha value is -6.36. The minimum atomic E-state index is -0.170. The molecule has 0 N–H and O–H groups in total. The summed E-state index contributed by atoms with van der Waals surface area (Å²) in [5.74, 6) is 0.668. The summed E-state index contributed by atoms with van der Waals surface area (Å²) in [6, 6.07) is 39.6. The maximum absolute atomic E-state index is 5.22. The van der Waals surface area contributed by atoms with E-state index in [1.54, 1.807) is 11.3 Å². The first-order valence-corrected chi connectivity index (χ1v) is 19.6. The SMILES string of the molecule is C=CC1=C(/C=C\C)c2cc3c4cc(-c5cccc6c5sc5c(-c7ccccc7)nc(/C(C=C)=C/C=C\C)nc56)ccc4n(-c4ccccc4)c3cc2C1(C)C. The molecule has 3 heterocycles. The van der Waals surface area contributed by atoms with Gasteiger partial charge in [-0.1, -0.05) is 142 Å². The van der Waals surface area contributed by atoms with Crippen LogP contribution in [0.25, 0.3) is 81.3 Å². The average Bonchev–Trinajstić information content (AvgIpc) is 3.82. The molecule has 8 aromatic rings. The van der Waals surface area contributed by atoms with Gasteiger partial charge in [0.05, 0.1) is 26.9 Å². The van der Waals surface area contributed by atoms with Gasteiger partial charge in [0.2, 0.25) is 0 Å². The van der Waals surface area contributed by atoms with Gasteiger partial charge in [-0.3, -0.25) is 0 Å². The van der Waals surface area contributed by atoms with Crippen LogP contribution in [0, 0.1) is 0 Å². The van der Waals surface area contributed by atoms with Gasteiger partial charge in [-0.15, -0.1) is 11.3 Å². The van der Waals surface area contributed by atoms with E-state index in [4.69, 9.17) is 9.97 Å². The summed E-state index contributed by atoms with van der Waals surface area (Å²) >= 11 is 1.77. The summed E-state index contributed by atoms with van der Waals surface area (Å²) in [5.41, 5.74) is 14.7. The van der Waals surface area contributed by atoms with Crippen molar-refractivity contribution in [2.75, 3.05) is 0 Å². The predicted molar refractivity (Wildman–Crippen MR) is 238 cm³/mol. The standard InChI is InChI=1S/C51H41N3S/c1-7-11-20-32(9-3)50-52-46(33-21-14-12-15-22-33)49-47(53-50)38-26-18-25-36(48(38)55-49)34-27-28-44-40(29-34)41-30-39-37(19-8-2)42(10-4)51(5,6)43(39)31-45(41)54(44)35-23-16-13-17-24-35/h7-31H,3-4H2,1-2,5-6H3/b11-7-,19-8-,32-20+. The molecular weight excluding hydrogens is 687 g/mol. The lowest BCUT2D eigenvalue weighted by atomic mass is 9.81. The molecule has 0 saturated carbocycles. The number of para-hydroxylation sites is 1. The maximum atomic E-state index is 5.22. The third-order valence-electron chi connectivity index (χ3n) is 11.0. The smallest absolute Gasteiger partial charge is 0.160 e. The Bertz CT molecular complexity index is 2980. The fourth-order valence-corrected chi connectivity index (χ4v) is 9.70. The average molecular weight is 728 g/mol. The second-order valence-electron chi connectivity index (χ2n) is 14.6. The highest BCUT2D eigenvalue weighted by atomic mass is 32.1. The topological polar surface area (TPSA) is 30.7 Å². The van der Waals surface area contributed by atoms with E-state index in [2.05, 4.69) is 154 Å². The molecule has 0 amide bonds. The highest BCUT2D eigenvalue weighted by Crippen LogP contribution is 2.50. The van der Waals surface area contributed by atoms with Crippen molar-refractivity contribution in [2.45, 2.75) is 33.1 Å². The second-order valence-corrected chi connectivity index (χ2v) is 15.6. The summed E-state index contributed by atoms with van der Waals surface area (Å²) in [6.07, 6.45) is 14.3. The Morgan fingerprint density at radius 1 is 0.709 bits per heavy atom. The van der Waals surface area contributed by atoms with Crippen LogP contribution in [-0.2, 0) is 5.41 Å². The molecule has 9 rings (SSSR count). The lowest BCUT2D eigenvalue weighted by molar-refractivity contribution is 0.655. The van der Waals surface area contributed by atoms with Crippen LogP contribution in [0.2, 0.25) is 0 Å². The molecule has 1 aliphatic carbocycles. The molecule has 0 saturated heterocycles. The van der Waals surface area contributed by atoms with E-state index in [0.29, 0.717) is 5.82 Å². The number of benzene rings is 5. The summed E-state index contributed by atoms with van der Waals surface area (Å²) in [4.78, 5) is 10.4. The summed E-state index contributed by atoms with van der Waals surface area (Å²) in [7, 11) is 0. The number of aromatic nitrogens is 3. The highest BCUT2D eigenvalue weighted by Gasteiger charge is 2.36. The van der Waals surface area contributed by atoms with Crippen molar-refractivity contribution in [3.8, 4) is 28.1 Å². The Labute approximate surface area is 326 Å². The third-order valence-corrected chi connectivity index (χ3v) is 12.3. The number of fused-ring (bicyclic) bond motifs is 7. The molecule has 5 aromatic carbocycles. The molecule has 55 heavy (non-hydrogen) atoms. The number of hydrogen-bond acceptors (Lipinski definition) is 3. The molecule has 1 aliphatic rings. The van der Waals surface area contributed by atoms with E-state index in [1.165, 1.54) is 59.9 Å². The van der Waals surface area contributed by atoms with E-state index in [-0.39, 0.29) is 5.41 Å². The van der Waals surface area contributed by atoms with Crippen LogP contribution in [0.5, 0.6) is 0 Å². The Kier molecular flexibility index (Phi) is 8.44. The van der Waals surface area contributed by atoms with E-state index in [1.807, 2.05) is 43.4 Å². The first-order valence-electron chi connectivity index (χ1n) is 18.8. The zero-order valence-electron chi connectivity index (χ0n) is 31.6. The molecule has 0 fully saturated rings. The van der Waals surface area contributed by atoms with E-state index >= 15 is 0 Å². The zero-order chi connectivity index (χ0) is 37.8. The minimum absolute atomic E-state index is 0.170. The van der Waals surface area contributed by atoms with Crippen molar-refractivity contribution in [3.05, 3.63) is 187 Å². The van der Waals surface area contributed by atoms with Gasteiger partial charge in [-0.05, 0) is 83.6 Å². The van der Waals surface area contributed by atoms with E-state index < -0.39 is 0 Å². The lowest BCUT2D eigenvalue weighted by Crippen LogP contribution is -2.16. The Morgan fingerprint density at radius 3 is 2.20 bits per heavy atom. The molecule has 0 bridgehead atoms. The van der Waals surface area contributed by atoms with Gasteiger partial charge < -0.3 is 4.57 Å². The second kappa shape index (κ2) is 13.5. The maximum Gasteiger partial charge on any atom is 0.160 e. The molecule has 0 atom stereocenters. The number of hydrogen-bond donors (Lipinski definition) is 0. The van der Waals surface area contributed by atoms with Gasteiger partial charge in [-0.2, -0.15) is 0 Å². The van der Waals surface area contributed by atoms with Gasteiger partial charge >= 0.3 is 0 Å². The molecular formula is C51H41N3S. The minimum Gasteiger partial charge on any atom is -0.309 e. The number of thiophene rings is 1. The van der Waals surface area contributed by atoms with Crippen molar-refractivity contribution in [1.29, 1.82) is 0 Å². The molecule has 3 nitrogen and oxygen atoms in total. The van der Waals surface area contributed by atoms with E-state index in [9.17, 15) is 0 Å². The van der Waals surface area contributed by atoms with E-state index in [0.717, 1.165) is 38.1 Å². The lowest BCUT2D eigenvalue weighted by Gasteiger charge is -2.23.